The molecule has 0 bridgehead atoms. The van der Waals surface area contributed by atoms with Crippen LogP contribution in [0.25, 0.3) is 0 Å². The smallest absolute Gasteiger partial charge is 0.244 e. The number of rotatable bonds is 15. The second-order valence-electron chi connectivity index (χ2n) is 10.7. The van der Waals surface area contributed by atoms with Gasteiger partial charge in [0, 0.05) is 12.5 Å². The minimum Gasteiger partial charge on any atom is -0.394 e. The molecule has 0 aromatic heterocycles. The van der Waals surface area contributed by atoms with Gasteiger partial charge in [-0.3, -0.25) is 9.59 Å². The van der Waals surface area contributed by atoms with Crippen LogP contribution >= 0.6 is 0 Å². The van der Waals surface area contributed by atoms with Gasteiger partial charge < -0.3 is 20.3 Å². The summed E-state index contributed by atoms with van der Waals surface area (Å²) in [4.78, 5) is 24.3. The fourth-order valence-corrected chi connectivity index (χ4v) is 4.80. The van der Waals surface area contributed by atoms with Gasteiger partial charge in [-0.15, -0.1) is 0 Å². The van der Waals surface area contributed by atoms with Gasteiger partial charge in [0.05, 0.1) is 12.6 Å². The van der Waals surface area contributed by atoms with Crippen molar-refractivity contribution in [1.29, 1.82) is 0 Å². The molecule has 0 aromatic carbocycles. The lowest BCUT2D eigenvalue weighted by molar-refractivity contribution is -0.137. The van der Waals surface area contributed by atoms with Gasteiger partial charge in [0.2, 0.25) is 5.91 Å². The molecule has 2 aliphatic rings. The Bertz CT molecular complexity index is 943. The van der Waals surface area contributed by atoms with Crippen LogP contribution in [0.2, 0.25) is 0 Å². The number of epoxide rings is 1. The van der Waals surface area contributed by atoms with Gasteiger partial charge in [0.15, 0.2) is 11.4 Å². The van der Waals surface area contributed by atoms with Crippen molar-refractivity contribution in [2.45, 2.75) is 84.2 Å². The summed E-state index contributed by atoms with van der Waals surface area (Å²) < 4.78 is 5.30. The van der Waals surface area contributed by atoms with E-state index in [1.54, 1.807) is 18.2 Å². The summed E-state index contributed by atoms with van der Waals surface area (Å²) in [7, 11) is 0. The summed E-state index contributed by atoms with van der Waals surface area (Å²) >= 11 is 0. The Morgan fingerprint density at radius 3 is 2.49 bits per heavy atom. The van der Waals surface area contributed by atoms with Gasteiger partial charge in [0.25, 0.3) is 0 Å². The monoisotopic (exact) mass is 511 g/mol. The number of hydrogen-bond acceptors (Lipinski definition) is 5. The molecule has 0 unspecified atom stereocenters. The molecular weight excluding hydrogens is 466 g/mol. The number of ketones is 1. The molecule has 7 atom stereocenters. The van der Waals surface area contributed by atoms with Crippen LogP contribution in [-0.2, 0) is 14.3 Å². The van der Waals surface area contributed by atoms with Crippen LogP contribution in [0.3, 0.4) is 0 Å². The third-order valence-electron chi connectivity index (χ3n) is 6.88. The van der Waals surface area contributed by atoms with Crippen molar-refractivity contribution in [3.63, 3.8) is 0 Å². The Hall–Kier alpha value is -2.54. The molecule has 6 heteroatoms. The van der Waals surface area contributed by atoms with Gasteiger partial charge in [-0.2, -0.15) is 0 Å². The number of hydrogen-bond donors (Lipinski definition) is 3. The predicted molar refractivity (Wildman–Crippen MR) is 149 cm³/mol. The summed E-state index contributed by atoms with van der Waals surface area (Å²) in [6.07, 6.45) is 22.4. The fraction of sp³-hybridized carbons (Fsp3) is 0.548. The molecule has 37 heavy (non-hydrogen) atoms. The average Bonchev–Trinajstić information content (AvgIpc) is 3.64. The van der Waals surface area contributed by atoms with Crippen molar-refractivity contribution in [2.24, 2.45) is 17.8 Å². The van der Waals surface area contributed by atoms with Crippen LogP contribution in [0.1, 0.15) is 60.3 Å². The largest absolute Gasteiger partial charge is 0.394 e. The highest BCUT2D eigenvalue weighted by Crippen LogP contribution is 2.40. The number of aliphatic hydroxyl groups excluding tert-OH is 1. The topological polar surface area (TPSA) is 99.2 Å². The van der Waals surface area contributed by atoms with Crippen molar-refractivity contribution in [3.8, 4) is 0 Å². The number of carbonyl (C=O) groups is 2. The van der Waals surface area contributed by atoms with E-state index in [0.717, 1.165) is 12.8 Å². The van der Waals surface area contributed by atoms with Crippen LogP contribution < -0.4 is 5.32 Å². The Labute approximate surface area is 222 Å². The van der Waals surface area contributed by atoms with E-state index in [2.05, 4.69) is 52.1 Å². The van der Waals surface area contributed by atoms with Crippen molar-refractivity contribution < 1.29 is 24.5 Å². The quantitative estimate of drug-likeness (QED) is 0.127. The van der Waals surface area contributed by atoms with E-state index >= 15 is 0 Å². The highest BCUT2D eigenvalue weighted by atomic mass is 16.6. The molecule has 1 heterocycles. The summed E-state index contributed by atoms with van der Waals surface area (Å²) in [5.41, 5.74) is -0.238. The highest BCUT2D eigenvalue weighted by molar-refractivity contribution is 5.99. The molecule has 204 valence electrons. The number of nitrogens with one attached hydrogen (secondary N) is 1. The Kier molecular flexibility index (Phi) is 12.4. The summed E-state index contributed by atoms with van der Waals surface area (Å²) in [5, 5.41) is 22.9. The van der Waals surface area contributed by atoms with Gasteiger partial charge in [-0.25, -0.2) is 0 Å². The van der Waals surface area contributed by atoms with Crippen LogP contribution in [0.5, 0.6) is 0 Å². The zero-order valence-electron chi connectivity index (χ0n) is 23.0. The molecule has 1 saturated heterocycles. The number of amides is 1. The van der Waals surface area contributed by atoms with Crippen LogP contribution in [0, 0.1) is 17.8 Å². The standard InChI is InChI=1S/C31H45NO5/c1-6-22(2)17-24(4)19-25(5)18-23(3)13-11-9-7-8-10-12-14-29(35)32-26(21-33)20-31(36)28(34)16-15-27-30(31)37-27/h7-17,22-23,25-27,30,33,36H,6,18-21H2,1-5H3,(H,32,35)/b9-7+,10-8+,13-11+,14-12+,24-17+/t22-,23+,25+,26+,27+,30+,31-/m1/s1. The Morgan fingerprint density at radius 2 is 1.81 bits per heavy atom. The zero-order chi connectivity index (χ0) is 27.4. The van der Waals surface area contributed by atoms with Crippen LogP contribution in [0.4, 0.5) is 0 Å². The molecule has 3 N–H and O–H groups in total. The molecule has 1 aliphatic heterocycles. The molecule has 0 radical (unpaired) electrons. The summed E-state index contributed by atoms with van der Waals surface area (Å²) in [6.45, 7) is 10.9. The van der Waals surface area contributed by atoms with Crippen molar-refractivity contribution >= 4 is 11.7 Å². The van der Waals surface area contributed by atoms with Gasteiger partial charge in [-0.05, 0) is 49.7 Å². The van der Waals surface area contributed by atoms with Crippen molar-refractivity contribution in [1.82, 2.24) is 5.32 Å². The van der Waals surface area contributed by atoms with Crippen molar-refractivity contribution in [2.75, 3.05) is 6.61 Å². The lowest BCUT2D eigenvalue weighted by Crippen LogP contribution is -2.52. The van der Waals surface area contributed by atoms with E-state index in [0.29, 0.717) is 17.8 Å². The Morgan fingerprint density at radius 1 is 1.14 bits per heavy atom. The molecule has 0 aromatic rings. The third-order valence-corrected chi connectivity index (χ3v) is 6.88. The maximum Gasteiger partial charge on any atom is 0.244 e. The fourth-order valence-electron chi connectivity index (χ4n) is 4.80. The number of ether oxygens (including phenoxy) is 1. The first-order chi connectivity index (χ1) is 17.6. The second kappa shape index (κ2) is 15.0. The molecule has 1 amide bonds. The maximum absolute atomic E-state index is 12.2. The first-order valence-corrected chi connectivity index (χ1v) is 13.5. The number of allylic oxidation sites excluding steroid dienone is 9. The van der Waals surface area contributed by atoms with Crippen LogP contribution in [0.15, 0.2) is 72.4 Å². The van der Waals surface area contributed by atoms with Crippen molar-refractivity contribution in [3.05, 3.63) is 72.4 Å². The van der Waals surface area contributed by atoms with E-state index < -0.39 is 36.0 Å². The minimum atomic E-state index is -1.72. The molecule has 6 nitrogen and oxygen atoms in total. The van der Waals surface area contributed by atoms with E-state index in [1.165, 1.54) is 24.1 Å². The molecule has 2 rings (SSSR count). The molecule has 1 aliphatic carbocycles. The highest BCUT2D eigenvalue weighted by Gasteiger charge is 2.59. The average molecular weight is 512 g/mol. The lowest BCUT2D eigenvalue weighted by Gasteiger charge is -2.29. The van der Waals surface area contributed by atoms with Gasteiger partial charge >= 0.3 is 0 Å². The number of aliphatic hydroxyl groups is 2. The van der Waals surface area contributed by atoms with E-state index in [9.17, 15) is 19.8 Å². The van der Waals surface area contributed by atoms with Crippen LogP contribution in [-0.4, -0.2) is 52.4 Å². The predicted octanol–water partition coefficient (Wildman–Crippen LogP) is 4.76. The van der Waals surface area contributed by atoms with Gasteiger partial charge in [0.1, 0.15) is 12.2 Å². The second-order valence-corrected chi connectivity index (χ2v) is 10.7. The SMILES string of the molecule is CC[C@@H](C)/C=C(\C)C[C@@H](C)C[C@@H](C)/C=C/C=C/C=C/C=C/C(=O)N[C@H](CO)C[C@@]1(O)C(=O)C=C[C@@H]2O[C@@H]21. The zero-order valence-corrected chi connectivity index (χ0v) is 23.0. The minimum absolute atomic E-state index is 0.107. The molecular formula is C31H45NO5. The number of fused-ring (bicyclic) bond motifs is 1. The summed E-state index contributed by atoms with van der Waals surface area (Å²) in [5.74, 6) is 0.910. The summed E-state index contributed by atoms with van der Waals surface area (Å²) in [6, 6.07) is -0.763. The third kappa shape index (κ3) is 10.4. The molecule has 0 saturated carbocycles. The van der Waals surface area contributed by atoms with E-state index in [4.69, 9.17) is 4.74 Å². The molecule has 0 spiro atoms. The number of carbonyl (C=O) groups excluding carboxylic acids is 2. The Balaban J connectivity index is 1.70. The first-order valence-electron chi connectivity index (χ1n) is 13.5. The first kappa shape index (κ1) is 30.7. The lowest BCUT2D eigenvalue weighted by atomic mass is 9.82. The van der Waals surface area contributed by atoms with E-state index in [1.807, 2.05) is 24.3 Å². The normalized spacial score (nSPS) is 27.2. The maximum atomic E-state index is 12.2. The molecule has 1 fully saturated rings. The van der Waals surface area contributed by atoms with E-state index in [-0.39, 0.29) is 12.5 Å². The van der Waals surface area contributed by atoms with Gasteiger partial charge in [-0.1, -0.05) is 88.3 Å².